The number of methoxy groups -OCH3 is 1. The molecule has 0 saturated carbocycles. The van der Waals surface area contributed by atoms with E-state index in [0.717, 1.165) is 20.7 Å². The van der Waals surface area contributed by atoms with Crippen LogP contribution in [0.3, 0.4) is 0 Å². The van der Waals surface area contributed by atoms with Crippen LogP contribution in [0, 0.1) is 0 Å². The molecule has 0 saturated heterocycles. The molecule has 3 nitrogen and oxygen atoms in total. The summed E-state index contributed by atoms with van der Waals surface area (Å²) in [7, 11) is 0.462. The second-order valence-electron chi connectivity index (χ2n) is 4.02. The average Bonchev–Trinajstić information content (AvgIpc) is 2.39. The van der Waals surface area contributed by atoms with Crippen LogP contribution in [0.25, 0.3) is 0 Å². The molecular formula is C14H14BrNO2S. The van der Waals surface area contributed by atoms with Crippen LogP contribution < -0.4 is 10.5 Å². The van der Waals surface area contributed by atoms with E-state index >= 15 is 0 Å². The fraction of sp³-hybridized carbons (Fsp3) is 0.143. The van der Waals surface area contributed by atoms with Gasteiger partial charge in [-0.15, -0.1) is 0 Å². The average molecular weight is 340 g/mol. The van der Waals surface area contributed by atoms with Gasteiger partial charge < -0.3 is 10.5 Å². The molecule has 2 N–H and O–H groups in total. The Morgan fingerprint density at radius 1 is 1.26 bits per heavy atom. The second kappa shape index (κ2) is 6.21. The molecule has 0 aliphatic rings. The van der Waals surface area contributed by atoms with Crippen LogP contribution in [0.5, 0.6) is 5.75 Å². The van der Waals surface area contributed by atoms with Crippen LogP contribution in [0.4, 0.5) is 5.69 Å². The monoisotopic (exact) mass is 339 g/mol. The van der Waals surface area contributed by atoms with Crippen LogP contribution in [0.2, 0.25) is 0 Å². The molecule has 0 aliphatic heterocycles. The van der Waals surface area contributed by atoms with Crippen LogP contribution >= 0.6 is 15.9 Å². The van der Waals surface area contributed by atoms with Crippen molar-refractivity contribution >= 4 is 32.4 Å². The van der Waals surface area contributed by atoms with Crippen molar-refractivity contribution in [1.82, 2.24) is 0 Å². The number of hydrogen-bond donors (Lipinski definition) is 1. The first kappa shape index (κ1) is 14.1. The highest BCUT2D eigenvalue weighted by Crippen LogP contribution is 2.26. The van der Waals surface area contributed by atoms with Crippen molar-refractivity contribution in [3.8, 4) is 5.75 Å². The van der Waals surface area contributed by atoms with Gasteiger partial charge in [-0.2, -0.15) is 0 Å². The summed E-state index contributed by atoms with van der Waals surface area (Å²) in [5.74, 6) is 1.13. The maximum absolute atomic E-state index is 12.3. The Morgan fingerprint density at radius 3 is 2.74 bits per heavy atom. The molecule has 2 aromatic carbocycles. The topological polar surface area (TPSA) is 52.3 Å². The van der Waals surface area contributed by atoms with E-state index in [0.29, 0.717) is 11.4 Å². The predicted molar refractivity (Wildman–Crippen MR) is 81.7 cm³/mol. The van der Waals surface area contributed by atoms with Crippen LogP contribution in [0.1, 0.15) is 5.56 Å². The molecule has 100 valence electrons. The fourth-order valence-electron chi connectivity index (χ4n) is 1.74. The fourth-order valence-corrected chi connectivity index (χ4v) is 3.32. The molecule has 19 heavy (non-hydrogen) atoms. The SMILES string of the molecule is COc1ccc(Br)cc1CS(=O)c1cccc(N)c1. The number of anilines is 1. The third kappa shape index (κ3) is 3.58. The van der Waals surface area contributed by atoms with E-state index in [9.17, 15) is 4.21 Å². The van der Waals surface area contributed by atoms with Gasteiger partial charge in [0, 0.05) is 20.6 Å². The van der Waals surface area contributed by atoms with Gasteiger partial charge in [-0.05, 0) is 36.4 Å². The Morgan fingerprint density at radius 2 is 2.05 bits per heavy atom. The van der Waals surface area contributed by atoms with Crippen molar-refractivity contribution < 1.29 is 8.95 Å². The van der Waals surface area contributed by atoms with E-state index in [1.807, 2.05) is 24.3 Å². The molecule has 0 heterocycles. The summed E-state index contributed by atoms with van der Waals surface area (Å²) in [4.78, 5) is 0.724. The molecule has 0 aromatic heterocycles. The van der Waals surface area contributed by atoms with E-state index in [1.165, 1.54) is 0 Å². The molecule has 0 amide bonds. The number of rotatable bonds is 4. The maximum Gasteiger partial charge on any atom is 0.123 e. The Kier molecular flexibility index (Phi) is 4.61. The second-order valence-corrected chi connectivity index (χ2v) is 6.39. The molecule has 1 atom stereocenters. The lowest BCUT2D eigenvalue weighted by molar-refractivity contribution is 0.411. The lowest BCUT2D eigenvalue weighted by Crippen LogP contribution is -2.00. The van der Waals surface area contributed by atoms with Crippen molar-refractivity contribution in [3.05, 3.63) is 52.5 Å². The van der Waals surface area contributed by atoms with Gasteiger partial charge in [-0.1, -0.05) is 22.0 Å². The summed E-state index contributed by atoms with van der Waals surface area (Å²) in [6, 6.07) is 12.8. The maximum atomic E-state index is 12.3. The number of benzene rings is 2. The quantitative estimate of drug-likeness (QED) is 0.869. The highest BCUT2D eigenvalue weighted by molar-refractivity contribution is 9.10. The Hall–Kier alpha value is -1.33. The summed E-state index contributed by atoms with van der Waals surface area (Å²) in [5, 5.41) is 0. The normalized spacial score (nSPS) is 12.1. The first-order valence-corrected chi connectivity index (χ1v) is 7.77. The standard InChI is InChI=1S/C14H14BrNO2S/c1-18-14-6-5-11(15)7-10(14)9-19(17)13-4-2-3-12(16)8-13/h2-8H,9,16H2,1H3. The van der Waals surface area contributed by atoms with Crippen molar-refractivity contribution in [1.29, 1.82) is 0 Å². The van der Waals surface area contributed by atoms with Gasteiger partial charge in [0.1, 0.15) is 5.75 Å². The molecule has 5 heteroatoms. The molecule has 2 rings (SSSR count). The molecule has 0 aliphatic carbocycles. The largest absolute Gasteiger partial charge is 0.496 e. The summed E-state index contributed by atoms with van der Waals surface area (Å²) in [6.45, 7) is 0. The minimum atomic E-state index is -1.15. The van der Waals surface area contributed by atoms with Gasteiger partial charge in [0.05, 0.1) is 23.7 Å². The summed E-state index contributed by atoms with van der Waals surface area (Å²) < 4.78 is 18.5. The van der Waals surface area contributed by atoms with Crippen molar-refractivity contribution in [3.63, 3.8) is 0 Å². The number of halogens is 1. The van der Waals surface area contributed by atoms with E-state index in [4.69, 9.17) is 10.5 Å². The van der Waals surface area contributed by atoms with Crippen LogP contribution in [-0.2, 0) is 16.6 Å². The molecule has 2 aromatic rings. The lowest BCUT2D eigenvalue weighted by Gasteiger charge is -2.09. The summed E-state index contributed by atoms with van der Waals surface area (Å²) in [5.41, 5.74) is 7.22. The smallest absolute Gasteiger partial charge is 0.123 e. The third-order valence-electron chi connectivity index (χ3n) is 2.65. The van der Waals surface area contributed by atoms with Gasteiger partial charge in [-0.25, -0.2) is 0 Å². The van der Waals surface area contributed by atoms with Crippen molar-refractivity contribution in [2.75, 3.05) is 12.8 Å². The molecule has 0 fully saturated rings. The zero-order valence-corrected chi connectivity index (χ0v) is 12.8. The van der Waals surface area contributed by atoms with Crippen LogP contribution in [-0.4, -0.2) is 11.3 Å². The van der Waals surface area contributed by atoms with Gasteiger partial charge in [-0.3, -0.25) is 4.21 Å². The first-order chi connectivity index (χ1) is 9.10. The summed E-state index contributed by atoms with van der Waals surface area (Å²) in [6.07, 6.45) is 0. The van der Waals surface area contributed by atoms with Crippen molar-refractivity contribution in [2.24, 2.45) is 0 Å². The zero-order valence-electron chi connectivity index (χ0n) is 10.4. The number of ether oxygens (including phenoxy) is 1. The molecule has 0 bridgehead atoms. The highest BCUT2D eigenvalue weighted by atomic mass is 79.9. The first-order valence-electron chi connectivity index (χ1n) is 5.66. The molecule has 0 radical (unpaired) electrons. The van der Waals surface area contributed by atoms with E-state index < -0.39 is 10.8 Å². The number of hydrogen-bond acceptors (Lipinski definition) is 3. The third-order valence-corrected chi connectivity index (χ3v) is 4.50. The van der Waals surface area contributed by atoms with Crippen LogP contribution in [0.15, 0.2) is 51.8 Å². The van der Waals surface area contributed by atoms with E-state index in [2.05, 4.69) is 15.9 Å². The number of nitrogen functional groups attached to an aromatic ring is 1. The Labute approximate surface area is 123 Å². The lowest BCUT2D eigenvalue weighted by atomic mass is 10.2. The van der Waals surface area contributed by atoms with Crippen molar-refractivity contribution in [2.45, 2.75) is 10.6 Å². The minimum Gasteiger partial charge on any atom is -0.496 e. The minimum absolute atomic E-state index is 0.395. The van der Waals surface area contributed by atoms with Gasteiger partial charge in [0.15, 0.2) is 0 Å². The van der Waals surface area contributed by atoms with Gasteiger partial charge >= 0.3 is 0 Å². The van der Waals surface area contributed by atoms with E-state index in [-0.39, 0.29) is 0 Å². The Bertz CT molecular complexity index is 616. The zero-order chi connectivity index (χ0) is 13.8. The summed E-state index contributed by atoms with van der Waals surface area (Å²) >= 11 is 3.41. The molecular weight excluding hydrogens is 326 g/mol. The van der Waals surface area contributed by atoms with E-state index in [1.54, 1.807) is 25.3 Å². The number of nitrogens with two attached hydrogens (primary N) is 1. The highest BCUT2D eigenvalue weighted by Gasteiger charge is 2.10. The molecule has 1 unspecified atom stereocenters. The van der Waals surface area contributed by atoms with Gasteiger partial charge in [0.25, 0.3) is 0 Å². The molecule has 0 spiro atoms. The Balaban J connectivity index is 2.26. The predicted octanol–water partition coefficient (Wildman–Crippen LogP) is 3.35. The van der Waals surface area contributed by atoms with Gasteiger partial charge in [0.2, 0.25) is 0 Å².